The van der Waals surface area contributed by atoms with E-state index in [1.807, 2.05) is 42.7 Å². The van der Waals surface area contributed by atoms with Gasteiger partial charge in [-0.2, -0.15) is 5.10 Å². The lowest BCUT2D eigenvalue weighted by Crippen LogP contribution is -2.35. The molecule has 1 fully saturated rings. The number of hydrogen-bond acceptors (Lipinski definition) is 6. The molecule has 0 radical (unpaired) electrons. The van der Waals surface area contributed by atoms with Gasteiger partial charge >= 0.3 is 0 Å². The van der Waals surface area contributed by atoms with Crippen LogP contribution in [0.2, 0.25) is 0 Å². The summed E-state index contributed by atoms with van der Waals surface area (Å²) in [5, 5.41) is 11.1. The zero-order chi connectivity index (χ0) is 17.8. The Morgan fingerprint density at radius 2 is 2.08 bits per heavy atom. The Morgan fingerprint density at radius 3 is 2.77 bits per heavy atom. The molecule has 2 N–H and O–H groups in total. The minimum Gasteiger partial charge on any atom is -0.479 e. The molecule has 1 saturated heterocycles. The molecule has 7 nitrogen and oxygen atoms in total. The molecular formula is C19H22N6O. The van der Waals surface area contributed by atoms with Crippen molar-refractivity contribution in [3.05, 3.63) is 48.9 Å². The van der Waals surface area contributed by atoms with Crippen LogP contribution in [-0.2, 0) is 0 Å². The number of pyridine rings is 2. The zero-order valence-corrected chi connectivity index (χ0v) is 14.7. The summed E-state index contributed by atoms with van der Waals surface area (Å²) in [6.45, 7) is 2.12. The highest BCUT2D eigenvalue weighted by Gasteiger charge is 2.14. The molecule has 26 heavy (non-hydrogen) atoms. The lowest BCUT2D eigenvalue weighted by molar-refractivity contribution is 0.395. The number of nitrogens with one attached hydrogen (secondary N) is 2. The number of piperidine rings is 1. The molecule has 1 aliphatic heterocycles. The maximum absolute atomic E-state index is 5.44. The van der Waals surface area contributed by atoms with Gasteiger partial charge in [-0.05, 0) is 56.3 Å². The van der Waals surface area contributed by atoms with Gasteiger partial charge in [0, 0.05) is 30.2 Å². The summed E-state index contributed by atoms with van der Waals surface area (Å²) in [4.78, 5) is 9.16. The van der Waals surface area contributed by atoms with Crippen molar-refractivity contribution < 1.29 is 4.74 Å². The topological polar surface area (TPSA) is 76.9 Å². The second kappa shape index (κ2) is 7.53. The maximum Gasteiger partial charge on any atom is 0.240 e. The smallest absolute Gasteiger partial charge is 0.240 e. The summed E-state index contributed by atoms with van der Waals surface area (Å²) in [6.07, 6.45) is 7.68. The van der Waals surface area contributed by atoms with Crippen LogP contribution in [0.25, 0.3) is 16.9 Å². The van der Waals surface area contributed by atoms with Crippen LogP contribution in [0.15, 0.2) is 48.9 Å². The molecule has 134 valence electrons. The van der Waals surface area contributed by atoms with Crippen molar-refractivity contribution >= 4 is 5.82 Å². The van der Waals surface area contributed by atoms with E-state index in [9.17, 15) is 0 Å². The van der Waals surface area contributed by atoms with Gasteiger partial charge in [0.05, 0.1) is 12.8 Å². The molecule has 0 unspecified atom stereocenters. The molecule has 0 saturated carbocycles. The molecule has 0 aliphatic carbocycles. The highest BCUT2D eigenvalue weighted by atomic mass is 16.5. The minimum absolute atomic E-state index is 0.487. The predicted octanol–water partition coefficient (Wildman–Crippen LogP) is 2.50. The fourth-order valence-corrected chi connectivity index (χ4v) is 3.14. The molecule has 3 aromatic rings. The average molecular weight is 350 g/mol. The standard InChI is InChI=1S/C19H22N6O/c1-26-19-17(25-12-2-9-22-25)5-4-16(24-19)14-3-6-18(21-13-14)23-15-7-10-20-11-8-15/h2-6,9,12-13,15,20H,7-8,10-11H2,1H3,(H,21,23). The largest absolute Gasteiger partial charge is 0.479 e. The Balaban J connectivity index is 1.53. The lowest BCUT2D eigenvalue weighted by Gasteiger charge is -2.24. The van der Waals surface area contributed by atoms with Crippen molar-refractivity contribution in [3.8, 4) is 22.8 Å². The van der Waals surface area contributed by atoms with Crippen molar-refractivity contribution in [1.29, 1.82) is 0 Å². The number of nitrogens with zero attached hydrogens (tertiary/aromatic N) is 4. The van der Waals surface area contributed by atoms with E-state index in [-0.39, 0.29) is 0 Å². The van der Waals surface area contributed by atoms with Crippen LogP contribution in [0.5, 0.6) is 5.88 Å². The van der Waals surface area contributed by atoms with E-state index >= 15 is 0 Å². The zero-order valence-electron chi connectivity index (χ0n) is 14.7. The second-order valence-electron chi connectivity index (χ2n) is 6.28. The SMILES string of the molecule is COc1nc(-c2ccc(NC3CCNCC3)nc2)ccc1-n1cccn1. The van der Waals surface area contributed by atoms with Crippen LogP contribution in [0.3, 0.4) is 0 Å². The van der Waals surface area contributed by atoms with Crippen LogP contribution in [0.4, 0.5) is 5.82 Å². The molecule has 3 aromatic heterocycles. The fourth-order valence-electron chi connectivity index (χ4n) is 3.14. The van der Waals surface area contributed by atoms with Gasteiger partial charge in [-0.25, -0.2) is 14.6 Å². The summed E-state index contributed by atoms with van der Waals surface area (Å²) in [5.74, 6) is 1.43. The third-order valence-electron chi connectivity index (χ3n) is 4.54. The van der Waals surface area contributed by atoms with Gasteiger partial charge in [-0.15, -0.1) is 0 Å². The highest BCUT2D eigenvalue weighted by Crippen LogP contribution is 2.25. The van der Waals surface area contributed by atoms with Gasteiger partial charge in [-0.1, -0.05) is 0 Å². The van der Waals surface area contributed by atoms with Crippen molar-refractivity contribution in [2.75, 3.05) is 25.5 Å². The minimum atomic E-state index is 0.487. The van der Waals surface area contributed by atoms with Crippen molar-refractivity contribution in [1.82, 2.24) is 25.1 Å². The van der Waals surface area contributed by atoms with Gasteiger partial charge in [0.2, 0.25) is 5.88 Å². The number of anilines is 1. The fraction of sp³-hybridized carbons (Fsp3) is 0.316. The maximum atomic E-state index is 5.44. The molecular weight excluding hydrogens is 328 g/mol. The normalized spacial score (nSPS) is 15.0. The number of hydrogen-bond donors (Lipinski definition) is 2. The van der Waals surface area contributed by atoms with Crippen molar-refractivity contribution in [2.24, 2.45) is 0 Å². The highest BCUT2D eigenvalue weighted by molar-refractivity contribution is 5.62. The van der Waals surface area contributed by atoms with E-state index in [2.05, 4.69) is 25.7 Å². The van der Waals surface area contributed by atoms with Crippen molar-refractivity contribution in [3.63, 3.8) is 0 Å². The van der Waals surface area contributed by atoms with Gasteiger partial charge in [0.25, 0.3) is 0 Å². The molecule has 0 amide bonds. The molecule has 0 aromatic carbocycles. The van der Waals surface area contributed by atoms with Crippen LogP contribution < -0.4 is 15.4 Å². The van der Waals surface area contributed by atoms with Crippen LogP contribution in [0.1, 0.15) is 12.8 Å². The Bertz CT molecular complexity index is 841. The third kappa shape index (κ3) is 3.52. The van der Waals surface area contributed by atoms with Gasteiger partial charge < -0.3 is 15.4 Å². The van der Waals surface area contributed by atoms with E-state index in [0.717, 1.165) is 48.7 Å². The van der Waals surface area contributed by atoms with Crippen LogP contribution in [0, 0.1) is 0 Å². The number of methoxy groups -OCH3 is 1. The first kappa shape index (κ1) is 16.5. The first-order valence-electron chi connectivity index (χ1n) is 8.82. The molecule has 0 spiro atoms. The number of ether oxygens (including phenoxy) is 1. The average Bonchev–Trinajstić information content (AvgIpc) is 3.23. The first-order valence-corrected chi connectivity index (χ1v) is 8.82. The summed E-state index contributed by atoms with van der Waals surface area (Å²) in [7, 11) is 1.61. The molecule has 7 heteroatoms. The molecule has 4 heterocycles. The van der Waals surface area contributed by atoms with Gasteiger partial charge in [0.15, 0.2) is 0 Å². The Morgan fingerprint density at radius 1 is 1.19 bits per heavy atom. The van der Waals surface area contributed by atoms with Crippen LogP contribution in [-0.4, -0.2) is 46.0 Å². The predicted molar refractivity (Wildman–Crippen MR) is 101 cm³/mol. The lowest BCUT2D eigenvalue weighted by atomic mass is 10.1. The molecule has 4 rings (SSSR count). The number of rotatable bonds is 5. The van der Waals surface area contributed by atoms with Crippen LogP contribution >= 0.6 is 0 Å². The summed E-state index contributed by atoms with van der Waals surface area (Å²) in [6, 6.07) is 10.3. The summed E-state index contributed by atoms with van der Waals surface area (Å²) >= 11 is 0. The summed E-state index contributed by atoms with van der Waals surface area (Å²) < 4.78 is 7.18. The van der Waals surface area contributed by atoms with E-state index < -0.39 is 0 Å². The van der Waals surface area contributed by atoms with Gasteiger partial charge in [0.1, 0.15) is 11.5 Å². The summed E-state index contributed by atoms with van der Waals surface area (Å²) in [5.41, 5.74) is 2.57. The van der Waals surface area contributed by atoms with E-state index in [0.29, 0.717) is 11.9 Å². The first-order chi connectivity index (χ1) is 12.8. The molecule has 0 bridgehead atoms. The monoisotopic (exact) mass is 350 g/mol. The molecule has 0 atom stereocenters. The van der Waals surface area contributed by atoms with E-state index in [4.69, 9.17) is 4.74 Å². The number of aromatic nitrogens is 4. The second-order valence-corrected chi connectivity index (χ2v) is 6.28. The van der Waals surface area contributed by atoms with E-state index in [1.165, 1.54) is 0 Å². The van der Waals surface area contributed by atoms with Crippen molar-refractivity contribution in [2.45, 2.75) is 18.9 Å². The quantitative estimate of drug-likeness (QED) is 0.736. The van der Waals surface area contributed by atoms with E-state index in [1.54, 1.807) is 18.0 Å². The molecule has 1 aliphatic rings. The Labute approximate surface area is 152 Å². The Kier molecular flexibility index (Phi) is 4.79. The Hall–Kier alpha value is -2.93. The van der Waals surface area contributed by atoms with Gasteiger partial charge in [-0.3, -0.25) is 0 Å². The third-order valence-corrected chi connectivity index (χ3v) is 4.54.